The van der Waals surface area contributed by atoms with Gasteiger partial charge in [0.05, 0.1) is 6.42 Å². The summed E-state index contributed by atoms with van der Waals surface area (Å²) in [5.41, 5.74) is 0. The molecule has 0 bridgehead atoms. The van der Waals surface area contributed by atoms with Gasteiger partial charge in [-0.15, -0.1) is 0 Å². The van der Waals surface area contributed by atoms with Crippen LogP contribution in [0.1, 0.15) is 13.3 Å². The second-order valence-electron chi connectivity index (χ2n) is 3.82. The van der Waals surface area contributed by atoms with E-state index in [1.807, 2.05) is 6.92 Å². The average molecular weight is 272 g/mol. The summed E-state index contributed by atoms with van der Waals surface area (Å²) in [6, 6.07) is 3.02. The predicted molar refractivity (Wildman–Crippen MR) is 67.5 cm³/mol. The van der Waals surface area contributed by atoms with E-state index in [4.69, 9.17) is 5.11 Å². The smallest absolute Gasteiger partial charge is 0.305 e. The first kappa shape index (κ1) is 14.4. The summed E-state index contributed by atoms with van der Waals surface area (Å²) in [6.45, 7) is 2.54. The Morgan fingerprint density at radius 1 is 1.50 bits per heavy atom. The fourth-order valence-corrected chi connectivity index (χ4v) is 2.39. The summed E-state index contributed by atoms with van der Waals surface area (Å²) in [7, 11) is -3.38. The molecule has 0 aliphatic carbocycles. The molecule has 7 heteroatoms. The van der Waals surface area contributed by atoms with Gasteiger partial charge >= 0.3 is 5.97 Å². The molecule has 1 aromatic rings. The van der Waals surface area contributed by atoms with Crippen LogP contribution in [0.3, 0.4) is 0 Å². The van der Waals surface area contributed by atoms with E-state index in [1.54, 1.807) is 11.0 Å². The van der Waals surface area contributed by atoms with Crippen LogP contribution in [0.15, 0.2) is 23.2 Å². The summed E-state index contributed by atoms with van der Waals surface area (Å²) < 4.78 is 23.3. The first-order valence-corrected chi connectivity index (χ1v) is 7.37. The number of carboxylic acids is 1. The Labute approximate surface area is 106 Å². The van der Waals surface area contributed by atoms with Crippen molar-refractivity contribution in [1.29, 1.82) is 0 Å². The predicted octanol–water partition coefficient (Wildman–Crippen LogP) is 0.786. The highest BCUT2D eigenvalue weighted by Gasteiger charge is 2.18. The minimum atomic E-state index is -3.38. The third-order valence-corrected chi connectivity index (χ3v) is 3.54. The summed E-state index contributed by atoms with van der Waals surface area (Å²) in [5.74, 6) is -0.617. The van der Waals surface area contributed by atoms with E-state index >= 15 is 0 Å². The number of sulfone groups is 1. The van der Waals surface area contributed by atoms with Crippen LogP contribution >= 0.6 is 0 Å². The van der Waals surface area contributed by atoms with Crippen molar-refractivity contribution in [2.24, 2.45) is 0 Å². The lowest BCUT2D eigenvalue weighted by molar-refractivity contribution is -0.136. The van der Waals surface area contributed by atoms with Gasteiger partial charge in [0.1, 0.15) is 10.7 Å². The van der Waals surface area contributed by atoms with E-state index in [1.165, 1.54) is 12.3 Å². The zero-order valence-electron chi connectivity index (χ0n) is 10.3. The van der Waals surface area contributed by atoms with Crippen molar-refractivity contribution in [1.82, 2.24) is 4.98 Å². The van der Waals surface area contributed by atoms with Crippen LogP contribution in [0.25, 0.3) is 0 Å². The molecule has 0 aromatic carbocycles. The average Bonchev–Trinajstić information content (AvgIpc) is 2.29. The molecule has 6 nitrogen and oxygen atoms in total. The maximum Gasteiger partial charge on any atom is 0.305 e. The molecule has 0 saturated heterocycles. The van der Waals surface area contributed by atoms with Crippen molar-refractivity contribution in [2.75, 3.05) is 24.2 Å². The Morgan fingerprint density at radius 3 is 2.67 bits per heavy atom. The summed E-state index contributed by atoms with van der Waals surface area (Å²) in [5, 5.41) is 8.67. The number of anilines is 1. The highest BCUT2D eigenvalue weighted by atomic mass is 32.2. The van der Waals surface area contributed by atoms with Crippen LogP contribution in [0.5, 0.6) is 0 Å². The van der Waals surface area contributed by atoms with Gasteiger partial charge in [-0.2, -0.15) is 0 Å². The number of rotatable bonds is 6. The molecule has 0 aliphatic rings. The minimum Gasteiger partial charge on any atom is -0.481 e. The van der Waals surface area contributed by atoms with Crippen molar-refractivity contribution < 1.29 is 18.3 Å². The number of hydrogen-bond acceptors (Lipinski definition) is 5. The fraction of sp³-hybridized carbons (Fsp3) is 0.455. The number of carboxylic acid groups (broad SMARTS) is 1. The molecular formula is C11H16N2O4S. The van der Waals surface area contributed by atoms with Gasteiger partial charge in [0, 0.05) is 25.5 Å². The molecule has 0 fully saturated rings. The molecule has 0 saturated carbocycles. The van der Waals surface area contributed by atoms with Crippen LogP contribution in [0.4, 0.5) is 5.82 Å². The van der Waals surface area contributed by atoms with Gasteiger partial charge in [-0.05, 0) is 19.1 Å². The summed E-state index contributed by atoms with van der Waals surface area (Å²) in [4.78, 5) is 16.4. The van der Waals surface area contributed by atoms with E-state index in [-0.39, 0.29) is 17.9 Å². The van der Waals surface area contributed by atoms with E-state index in [0.29, 0.717) is 12.4 Å². The topological polar surface area (TPSA) is 87.6 Å². The van der Waals surface area contributed by atoms with Gasteiger partial charge in [0.25, 0.3) is 0 Å². The number of aliphatic carboxylic acids is 1. The lowest BCUT2D eigenvalue weighted by atomic mass is 10.3. The first-order valence-electron chi connectivity index (χ1n) is 5.48. The third kappa shape index (κ3) is 3.69. The van der Waals surface area contributed by atoms with Gasteiger partial charge < -0.3 is 10.0 Å². The summed E-state index contributed by atoms with van der Waals surface area (Å²) in [6.07, 6.45) is 2.54. The van der Waals surface area contributed by atoms with Crippen molar-refractivity contribution in [3.8, 4) is 0 Å². The van der Waals surface area contributed by atoms with Crippen molar-refractivity contribution in [3.05, 3.63) is 18.3 Å². The molecule has 0 atom stereocenters. The lowest BCUT2D eigenvalue weighted by Crippen LogP contribution is -2.28. The monoisotopic (exact) mass is 272 g/mol. The van der Waals surface area contributed by atoms with E-state index in [9.17, 15) is 13.2 Å². The highest BCUT2D eigenvalue weighted by Crippen LogP contribution is 2.22. The third-order valence-electron chi connectivity index (χ3n) is 2.43. The Balaban J connectivity index is 3.10. The normalized spacial score (nSPS) is 11.2. The summed E-state index contributed by atoms with van der Waals surface area (Å²) >= 11 is 0. The second kappa shape index (κ2) is 5.81. The van der Waals surface area contributed by atoms with E-state index in [2.05, 4.69) is 4.98 Å². The van der Waals surface area contributed by atoms with Crippen LogP contribution < -0.4 is 4.90 Å². The largest absolute Gasteiger partial charge is 0.481 e. The molecule has 1 rings (SSSR count). The molecular weight excluding hydrogens is 256 g/mol. The SMILES string of the molecule is CCN(CCC(=O)O)c1ncccc1S(C)(=O)=O. The Kier molecular flexibility index (Phi) is 4.66. The number of nitrogens with zero attached hydrogens (tertiary/aromatic N) is 2. The van der Waals surface area contributed by atoms with E-state index < -0.39 is 15.8 Å². The second-order valence-corrected chi connectivity index (χ2v) is 5.80. The van der Waals surface area contributed by atoms with Crippen molar-refractivity contribution in [2.45, 2.75) is 18.2 Å². The van der Waals surface area contributed by atoms with Crippen LogP contribution in [0, 0.1) is 0 Å². The first-order chi connectivity index (χ1) is 8.36. The number of hydrogen-bond donors (Lipinski definition) is 1. The molecule has 1 heterocycles. The molecule has 0 spiro atoms. The molecule has 18 heavy (non-hydrogen) atoms. The molecule has 0 radical (unpaired) electrons. The Morgan fingerprint density at radius 2 is 2.17 bits per heavy atom. The standard InChI is InChI=1S/C11H16N2O4S/c1-3-13(8-6-10(14)15)11-9(18(2,16)17)5-4-7-12-11/h4-5,7H,3,6,8H2,1-2H3,(H,14,15). The van der Waals surface area contributed by atoms with E-state index in [0.717, 1.165) is 6.26 Å². The van der Waals surface area contributed by atoms with Gasteiger partial charge in [-0.25, -0.2) is 13.4 Å². The number of carbonyl (C=O) groups is 1. The fourth-order valence-electron chi connectivity index (χ4n) is 1.55. The van der Waals surface area contributed by atoms with Gasteiger partial charge in [-0.1, -0.05) is 0 Å². The lowest BCUT2D eigenvalue weighted by Gasteiger charge is -2.22. The van der Waals surface area contributed by atoms with Crippen LogP contribution in [-0.2, 0) is 14.6 Å². The minimum absolute atomic E-state index is 0.0619. The maximum absolute atomic E-state index is 11.6. The van der Waals surface area contributed by atoms with Gasteiger partial charge in [-0.3, -0.25) is 4.79 Å². The van der Waals surface area contributed by atoms with Gasteiger partial charge in [0.15, 0.2) is 9.84 Å². The zero-order chi connectivity index (χ0) is 13.8. The maximum atomic E-state index is 11.6. The van der Waals surface area contributed by atoms with Crippen LogP contribution in [0.2, 0.25) is 0 Å². The van der Waals surface area contributed by atoms with Crippen LogP contribution in [-0.4, -0.2) is 43.8 Å². The quantitative estimate of drug-likeness (QED) is 0.823. The molecule has 0 amide bonds. The van der Waals surface area contributed by atoms with Crippen molar-refractivity contribution >= 4 is 21.6 Å². The molecule has 1 N–H and O–H groups in total. The molecule has 100 valence electrons. The Hall–Kier alpha value is -1.63. The Bertz CT molecular complexity index is 528. The molecule has 0 aliphatic heterocycles. The highest BCUT2D eigenvalue weighted by molar-refractivity contribution is 7.90. The van der Waals surface area contributed by atoms with Crippen molar-refractivity contribution in [3.63, 3.8) is 0 Å². The number of pyridine rings is 1. The molecule has 0 unspecified atom stereocenters. The molecule has 1 aromatic heterocycles. The number of aromatic nitrogens is 1. The van der Waals surface area contributed by atoms with Gasteiger partial charge in [0.2, 0.25) is 0 Å². The zero-order valence-corrected chi connectivity index (χ0v) is 11.1.